The molecule has 0 fully saturated rings. The highest BCUT2D eigenvalue weighted by Crippen LogP contribution is 2.12. The first-order valence-corrected chi connectivity index (χ1v) is 21.8. The second kappa shape index (κ2) is 44.9. The Morgan fingerprint density at radius 2 is 0.843 bits per heavy atom. The monoisotopic (exact) mass is 718 g/mol. The molecule has 5 nitrogen and oxygen atoms in total. The van der Waals surface area contributed by atoms with Crippen LogP contribution in [0.5, 0.6) is 0 Å². The molecule has 0 amide bonds. The fourth-order valence-electron chi connectivity index (χ4n) is 6.06. The molecule has 0 N–H and O–H groups in total. The van der Waals surface area contributed by atoms with Crippen LogP contribution >= 0.6 is 0 Å². The van der Waals surface area contributed by atoms with Gasteiger partial charge >= 0.3 is 0 Å². The van der Waals surface area contributed by atoms with Crippen LogP contribution in [0, 0.1) is 0 Å². The summed E-state index contributed by atoms with van der Waals surface area (Å²) in [6.45, 7) is 11.2. The quantitative estimate of drug-likeness (QED) is 0.0464. The third-order valence-corrected chi connectivity index (χ3v) is 9.48. The molecule has 0 aromatic carbocycles. The Morgan fingerprint density at radius 1 is 0.431 bits per heavy atom. The zero-order valence-electron chi connectivity index (χ0n) is 34.6. The van der Waals surface area contributed by atoms with Gasteiger partial charge in [0.25, 0.3) is 0 Å². The average Bonchev–Trinajstić information content (AvgIpc) is 3.14. The number of methoxy groups -OCH3 is 2. The van der Waals surface area contributed by atoms with Gasteiger partial charge < -0.3 is 18.9 Å². The largest absolute Gasteiger partial charge is 0.383 e. The van der Waals surface area contributed by atoms with Crippen LogP contribution in [-0.2, 0) is 18.9 Å². The maximum absolute atomic E-state index is 6.42. The highest BCUT2D eigenvalue weighted by Gasteiger charge is 2.13. The van der Waals surface area contributed by atoms with Crippen molar-refractivity contribution < 1.29 is 18.9 Å². The van der Waals surface area contributed by atoms with E-state index >= 15 is 0 Å². The lowest BCUT2D eigenvalue weighted by Gasteiger charge is -2.25. The molecule has 0 saturated carbocycles. The lowest BCUT2D eigenvalue weighted by molar-refractivity contribution is -0.0276. The second-order valence-electron chi connectivity index (χ2n) is 14.4. The normalized spacial score (nSPS) is 13.0. The highest BCUT2D eigenvalue weighted by atomic mass is 16.5. The van der Waals surface area contributed by atoms with E-state index in [1.54, 1.807) is 14.2 Å². The Balaban J connectivity index is 4.11. The molecule has 51 heavy (non-hydrogen) atoms. The summed E-state index contributed by atoms with van der Waals surface area (Å²) >= 11 is 0. The zero-order valence-corrected chi connectivity index (χ0v) is 34.6. The lowest BCUT2D eigenvalue weighted by Crippen LogP contribution is -2.35. The van der Waals surface area contributed by atoms with Crippen molar-refractivity contribution in [2.24, 2.45) is 0 Å². The average molecular weight is 718 g/mol. The zero-order chi connectivity index (χ0) is 37.0. The molecule has 0 saturated heterocycles. The molecule has 0 aromatic heterocycles. The first-order chi connectivity index (χ1) is 25.3. The molecular formula is C46H87NO4. The SMILES string of the molecule is CCCCC/C=C/C/C=C/CCCCCCCCOCC(CCN(CCOC)CCOC)OCCCCCCCC/C=C/C/C=C/CCCCC. The van der Waals surface area contributed by atoms with Crippen LogP contribution in [0.2, 0.25) is 0 Å². The van der Waals surface area contributed by atoms with Gasteiger partial charge in [-0.25, -0.2) is 0 Å². The molecule has 0 spiro atoms. The highest BCUT2D eigenvalue weighted by molar-refractivity contribution is 4.93. The summed E-state index contributed by atoms with van der Waals surface area (Å²) in [6, 6.07) is 0. The third kappa shape index (κ3) is 41.4. The maximum atomic E-state index is 6.42. The van der Waals surface area contributed by atoms with Crippen molar-refractivity contribution >= 4 is 0 Å². The standard InChI is InChI=1S/C46H87NO4/c1-5-7-9-11-13-15-17-19-21-23-25-27-29-31-33-35-41-50-45-46(37-38-47(39-43-48-3)40-44-49-4)51-42-36-34-32-30-28-26-24-22-20-18-16-14-12-10-8-6-2/h13-16,19-22,46H,5-12,17-18,23-45H2,1-4H3/b15-13+,16-14+,21-19+,22-20+. The molecule has 0 aliphatic carbocycles. The van der Waals surface area contributed by atoms with E-state index in [1.807, 2.05) is 0 Å². The van der Waals surface area contributed by atoms with Gasteiger partial charge in [0.15, 0.2) is 0 Å². The van der Waals surface area contributed by atoms with Gasteiger partial charge in [0.1, 0.15) is 0 Å². The summed E-state index contributed by atoms with van der Waals surface area (Å²) in [6.07, 6.45) is 50.4. The Kier molecular flexibility index (Phi) is 43.8. The Labute approximate surface area is 319 Å². The number of hydrogen-bond acceptors (Lipinski definition) is 5. The third-order valence-electron chi connectivity index (χ3n) is 9.48. The van der Waals surface area contributed by atoms with Crippen LogP contribution in [0.1, 0.15) is 174 Å². The van der Waals surface area contributed by atoms with Crippen molar-refractivity contribution in [2.75, 3.05) is 66.9 Å². The predicted octanol–water partition coefficient (Wildman–Crippen LogP) is 13.0. The molecule has 0 bridgehead atoms. The number of rotatable bonds is 42. The van der Waals surface area contributed by atoms with E-state index < -0.39 is 0 Å². The number of unbranched alkanes of at least 4 members (excludes halogenated alkanes) is 18. The summed E-state index contributed by atoms with van der Waals surface area (Å²) in [5, 5.41) is 0. The minimum absolute atomic E-state index is 0.153. The molecular weight excluding hydrogens is 631 g/mol. The van der Waals surface area contributed by atoms with Crippen molar-refractivity contribution in [3.8, 4) is 0 Å². The summed E-state index contributed by atoms with van der Waals surface area (Å²) in [5.41, 5.74) is 0. The fraction of sp³-hybridized carbons (Fsp3) is 0.826. The van der Waals surface area contributed by atoms with Crippen molar-refractivity contribution in [1.29, 1.82) is 0 Å². The van der Waals surface area contributed by atoms with Gasteiger partial charge in [-0.3, -0.25) is 4.90 Å². The van der Waals surface area contributed by atoms with E-state index in [1.165, 1.54) is 128 Å². The van der Waals surface area contributed by atoms with E-state index in [4.69, 9.17) is 18.9 Å². The number of hydrogen-bond donors (Lipinski definition) is 0. The van der Waals surface area contributed by atoms with E-state index in [9.17, 15) is 0 Å². The fourth-order valence-corrected chi connectivity index (χ4v) is 6.06. The van der Waals surface area contributed by atoms with E-state index in [2.05, 4.69) is 67.4 Å². The van der Waals surface area contributed by atoms with Crippen molar-refractivity contribution in [2.45, 2.75) is 180 Å². The van der Waals surface area contributed by atoms with Crippen molar-refractivity contribution in [3.63, 3.8) is 0 Å². The molecule has 0 radical (unpaired) electrons. The molecule has 0 rings (SSSR count). The van der Waals surface area contributed by atoms with Crippen molar-refractivity contribution in [1.82, 2.24) is 4.90 Å². The lowest BCUT2D eigenvalue weighted by atomic mass is 10.1. The topological polar surface area (TPSA) is 40.2 Å². The van der Waals surface area contributed by atoms with E-state index in [-0.39, 0.29) is 6.10 Å². The molecule has 1 atom stereocenters. The number of nitrogens with zero attached hydrogens (tertiary/aromatic N) is 1. The Morgan fingerprint density at radius 3 is 1.29 bits per heavy atom. The number of allylic oxidation sites excluding steroid dienone is 8. The first-order valence-electron chi connectivity index (χ1n) is 21.8. The molecule has 0 aliphatic heterocycles. The van der Waals surface area contributed by atoms with Gasteiger partial charge in [-0.1, -0.05) is 140 Å². The molecule has 0 aliphatic rings. The van der Waals surface area contributed by atoms with Crippen LogP contribution in [0.4, 0.5) is 0 Å². The van der Waals surface area contributed by atoms with Gasteiger partial charge in [-0.2, -0.15) is 0 Å². The summed E-state index contributed by atoms with van der Waals surface area (Å²) in [4.78, 5) is 2.42. The maximum Gasteiger partial charge on any atom is 0.0820 e. The van der Waals surface area contributed by atoms with Gasteiger partial charge in [-0.15, -0.1) is 0 Å². The number of ether oxygens (including phenoxy) is 4. The molecule has 0 heterocycles. The summed E-state index contributed by atoms with van der Waals surface area (Å²) in [7, 11) is 3.55. The molecule has 0 aromatic rings. The van der Waals surface area contributed by atoms with Crippen LogP contribution < -0.4 is 0 Å². The molecule has 1 unspecified atom stereocenters. The smallest absolute Gasteiger partial charge is 0.0820 e. The summed E-state index contributed by atoms with van der Waals surface area (Å²) < 4.78 is 23.3. The van der Waals surface area contributed by atoms with Crippen LogP contribution in [-0.4, -0.2) is 77.9 Å². The predicted molar refractivity (Wildman–Crippen MR) is 224 cm³/mol. The Hall–Kier alpha value is -1.24. The second-order valence-corrected chi connectivity index (χ2v) is 14.4. The van der Waals surface area contributed by atoms with Crippen LogP contribution in [0.3, 0.4) is 0 Å². The van der Waals surface area contributed by atoms with Crippen molar-refractivity contribution in [3.05, 3.63) is 48.6 Å². The molecule has 300 valence electrons. The van der Waals surface area contributed by atoms with E-state index in [0.717, 1.165) is 78.2 Å². The Bertz CT molecular complexity index is 756. The van der Waals surface area contributed by atoms with Gasteiger partial charge in [0.05, 0.1) is 25.9 Å². The molecule has 5 heteroatoms. The van der Waals surface area contributed by atoms with Crippen LogP contribution in [0.25, 0.3) is 0 Å². The van der Waals surface area contributed by atoms with Gasteiger partial charge in [-0.05, 0) is 83.5 Å². The van der Waals surface area contributed by atoms with Gasteiger partial charge in [0, 0.05) is 47.1 Å². The minimum atomic E-state index is 0.153. The van der Waals surface area contributed by atoms with Gasteiger partial charge in [0.2, 0.25) is 0 Å². The van der Waals surface area contributed by atoms with E-state index in [0.29, 0.717) is 6.61 Å². The summed E-state index contributed by atoms with van der Waals surface area (Å²) in [5.74, 6) is 0. The first kappa shape index (κ1) is 49.8. The van der Waals surface area contributed by atoms with Crippen LogP contribution in [0.15, 0.2) is 48.6 Å². The minimum Gasteiger partial charge on any atom is -0.383 e.